The van der Waals surface area contributed by atoms with Gasteiger partial charge in [0, 0.05) is 49.5 Å². The molecular weight excluding hydrogens is 545 g/mol. The maximum absolute atomic E-state index is 13.7. The van der Waals surface area contributed by atoms with E-state index in [2.05, 4.69) is 4.90 Å². The number of hydrogen-bond donors (Lipinski definition) is 0. The normalized spacial score (nSPS) is 29.3. The van der Waals surface area contributed by atoms with Crippen LogP contribution in [0.2, 0.25) is 5.02 Å². The Morgan fingerprint density at radius 3 is 2.44 bits per heavy atom. The van der Waals surface area contributed by atoms with Crippen LogP contribution in [0.4, 0.5) is 9.18 Å². The molecule has 5 rings (SSSR count). The zero-order valence-corrected chi connectivity index (χ0v) is 23.6. The van der Waals surface area contributed by atoms with E-state index >= 15 is 0 Å². The highest BCUT2D eigenvalue weighted by Gasteiger charge is 2.43. The highest BCUT2D eigenvalue weighted by molar-refractivity contribution is 7.91. The molecular formula is C28H35ClFN3O5S. The first-order chi connectivity index (χ1) is 18.6. The number of allylic oxidation sites excluding steroid dienone is 2. The second kappa shape index (κ2) is 11.6. The van der Waals surface area contributed by atoms with E-state index in [0.717, 1.165) is 5.56 Å². The fourth-order valence-electron chi connectivity index (χ4n) is 6.24. The molecule has 4 atom stereocenters. The zero-order chi connectivity index (χ0) is 27.7. The van der Waals surface area contributed by atoms with E-state index in [1.165, 1.54) is 18.2 Å². The van der Waals surface area contributed by atoms with Crippen LogP contribution in [0.5, 0.6) is 0 Å². The van der Waals surface area contributed by atoms with Gasteiger partial charge in [0.25, 0.3) is 0 Å². The first-order valence-corrected chi connectivity index (χ1v) is 15.8. The Morgan fingerprint density at radius 2 is 1.82 bits per heavy atom. The Labute approximate surface area is 234 Å². The number of hydrogen-bond acceptors (Lipinski definition) is 6. The van der Waals surface area contributed by atoms with Crippen LogP contribution in [0.25, 0.3) is 0 Å². The third-order valence-electron chi connectivity index (χ3n) is 8.56. The molecule has 0 aromatic heterocycles. The first kappa shape index (κ1) is 28.1. The number of carbonyl (C=O) groups excluding carboxylic acids is 2. The van der Waals surface area contributed by atoms with Crippen LogP contribution in [0.1, 0.15) is 37.2 Å². The summed E-state index contributed by atoms with van der Waals surface area (Å²) in [5, 5.41) is 0.611. The quantitative estimate of drug-likeness (QED) is 0.528. The number of sulfone groups is 1. The SMILES string of the molecule is CN(C(=O)OC1C=CC(F)=CC1)C1CN(C(=O)C2CCN(C3CCS(=O)(=O)C3)CC2)C[C@H]1c1ccc(Cl)cc1. The molecule has 1 aromatic carbocycles. The van der Waals surface area contributed by atoms with Gasteiger partial charge in [0.15, 0.2) is 9.84 Å². The second-order valence-electron chi connectivity index (χ2n) is 11.1. The van der Waals surface area contributed by atoms with Gasteiger partial charge in [-0.25, -0.2) is 17.6 Å². The van der Waals surface area contributed by atoms with Crippen molar-refractivity contribution in [2.45, 2.75) is 49.8 Å². The van der Waals surface area contributed by atoms with Gasteiger partial charge < -0.3 is 14.5 Å². The molecule has 1 aliphatic carbocycles. The van der Waals surface area contributed by atoms with Gasteiger partial charge in [-0.1, -0.05) is 23.7 Å². The number of halogens is 2. The smallest absolute Gasteiger partial charge is 0.410 e. The van der Waals surface area contributed by atoms with Gasteiger partial charge in [-0.3, -0.25) is 9.69 Å². The summed E-state index contributed by atoms with van der Waals surface area (Å²) in [5.41, 5.74) is 0.985. The molecule has 212 valence electrons. The number of carbonyl (C=O) groups is 2. The summed E-state index contributed by atoms with van der Waals surface area (Å²) in [7, 11) is -1.27. The fourth-order valence-corrected chi connectivity index (χ4v) is 8.13. The van der Waals surface area contributed by atoms with Gasteiger partial charge in [0.05, 0.1) is 17.5 Å². The predicted molar refractivity (Wildman–Crippen MR) is 147 cm³/mol. The number of likely N-dealkylation sites (tertiary alicyclic amines) is 2. The van der Waals surface area contributed by atoms with Gasteiger partial charge >= 0.3 is 6.09 Å². The van der Waals surface area contributed by atoms with E-state index in [0.29, 0.717) is 50.5 Å². The number of rotatable bonds is 5. The van der Waals surface area contributed by atoms with E-state index in [1.54, 1.807) is 11.9 Å². The van der Waals surface area contributed by atoms with Gasteiger partial charge in [-0.2, -0.15) is 0 Å². The maximum atomic E-state index is 13.7. The minimum Gasteiger partial charge on any atom is -0.442 e. The largest absolute Gasteiger partial charge is 0.442 e. The molecule has 4 aliphatic rings. The Morgan fingerprint density at radius 1 is 1.10 bits per heavy atom. The lowest BCUT2D eigenvalue weighted by atomic mass is 9.93. The monoisotopic (exact) mass is 579 g/mol. The molecule has 11 heteroatoms. The van der Waals surface area contributed by atoms with Crippen LogP contribution < -0.4 is 0 Å². The summed E-state index contributed by atoms with van der Waals surface area (Å²) in [5.74, 6) is -0.0533. The van der Waals surface area contributed by atoms with Gasteiger partial charge in [0.2, 0.25) is 5.91 Å². The predicted octanol–water partition coefficient (Wildman–Crippen LogP) is 3.78. The van der Waals surface area contributed by atoms with Crippen molar-refractivity contribution in [2.75, 3.05) is 44.7 Å². The fraction of sp³-hybridized carbons (Fsp3) is 0.571. The van der Waals surface area contributed by atoms with Crippen LogP contribution in [0, 0.1) is 5.92 Å². The lowest BCUT2D eigenvalue weighted by Gasteiger charge is -2.36. The third-order valence-corrected chi connectivity index (χ3v) is 10.6. The topological polar surface area (TPSA) is 87.2 Å². The Kier molecular flexibility index (Phi) is 8.35. The van der Waals surface area contributed by atoms with Crippen LogP contribution in [-0.2, 0) is 19.4 Å². The molecule has 3 fully saturated rings. The number of nitrogens with zero attached hydrogens (tertiary/aromatic N) is 3. The van der Waals surface area contributed by atoms with Crippen LogP contribution in [0.15, 0.2) is 48.3 Å². The minimum atomic E-state index is -2.95. The molecule has 3 saturated heterocycles. The lowest BCUT2D eigenvalue weighted by Crippen LogP contribution is -2.47. The van der Waals surface area contributed by atoms with Crippen molar-refractivity contribution in [3.63, 3.8) is 0 Å². The van der Waals surface area contributed by atoms with Gasteiger partial charge in [0.1, 0.15) is 11.9 Å². The molecule has 3 aliphatic heterocycles. The second-order valence-corrected chi connectivity index (χ2v) is 13.7. The molecule has 39 heavy (non-hydrogen) atoms. The molecule has 8 nitrogen and oxygen atoms in total. The molecule has 0 saturated carbocycles. The Hall–Kier alpha value is -2.43. The number of ether oxygens (including phenoxy) is 1. The van der Waals surface area contributed by atoms with E-state index < -0.39 is 22.0 Å². The summed E-state index contributed by atoms with van der Waals surface area (Å²) in [6.45, 7) is 2.28. The number of benzene rings is 1. The van der Waals surface area contributed by atoms with Crippen molar-refractivity contribution in [1.29, 1.82) is 0 Å². The van der Waals surface area contributed by atoms with E-state index in [4.69, 9.17) is 16.3 Å². The summed E-state index contributed by atoms with van der Waals surface area (Å²) in [6, 6.07) is 7.23. The molecule has 0 radical (unpaired) electrons. The van der Waals surface area contributed by atoms with Crippen molar-refractivity contribution in [3.8, 4) is 0 Å². The third kappa shape index (κ3) is 6.49. The van der Waals surface area contributed by atoms with Crippen molar-refractivity contribution in [2.24, 2.45) is 5.92 Å². The van der Waals surface area contributed by atoms with Crippen molar-refractivity contribution in [1.82, 2.24) is 14.7 Å². The lowest BCUT2D eigenvalue weighted by molar-refractivity contribution is -0.136. The Balaban J connectivity index is 1.25. The minimum absolute atomic E-state index is 0.0576. The van der Waals surface area contributed by atoms with Crippen molar-refractivity contribution < 1.29 is 27.1 Å². The average Bonchev–Trinajstić information content (AvgIpc) is 3.53. The molecule has 0 spiro atoms. The standard InChI is InChI=1S/C28H35ClFN3O5S/c1-31(28(35)38-24-8-6-22(30)7-9-24)26-17-33(16-25(26)19-2-4-21(29)5-3-19)27(34)20-10-13-32(14-11-20)23-12-15-39(36,37)18-23/h2-8,20,23-26H,9-18H2,1H3/t23?,24?,25-,26?/m0/s1. The first-order valence-electron chi connectivity index (χ1n) is 13.6. The number of piperidine rings is 1. The zero-order valence-electron chi connectivity index (χ0n) is 22.0. The van der Waals surface area contributed by atoms with Crippen molar-refractivity contribution >= 4 is 33.4 Å². The highest BCUT2D eigenvalue weighted by atomic mass is 35.5. The van der Waals surface area contributed by atoms with Crippen LogP contribution in [0.3, 0.4) is 0 Å². The van der Waals surface area contributed by atoms with Gasteiger partial charge in [-0.15, -0.1) is 0 Å². The van der Waals surface area contributed by atoms with Crippen LogP contribution in [-0.4, -0.2) is 98.0 Å². The van der Waals surface area contributed by atoms with Crippen LogP contribution >= 0.6 is 11.6 Å². The van der Waals surface area contributed by atoms with Crippen molar-refractivity contribution in [3.05, 3.63) is 58.9 Å². The van der Waals surface area contributed by atoms with Gasteiger partial charge in [-0.05, 0) is 68.3 Å². The summed E-state index contributed by atoms with van der Waals surface area (Å²) < 4.78 is 42.7. The summed E-state index contributed by atoms with van der Waals surface area (Å²) >= 11 is 6.12. The molecule has 2 amide bonds. The average molecular weight is 580 g/mol. The molecule has 3 heterocycles. The number of amides is 2. The maximum Gasteiger partial charge on any atom is 0.410 e. The van der Waals surface area contributed by atoms with E-state index in [-0.39, 0.29) is 53.6 Å². The molecule has 1 aromatic rings. The molecule has 0 N–H and O–H groups in total. The Bertz CT molecular complexity index is 1250. The molecule has 3 unspecified atom stereocenters. The van der Waals surface area contributed by atoms with E-state index in [9.17, 15) is 22.4 Å². The highest BCUT2D eigenvalue weighted by Crippen LogP contribution is 2.34. The summed E-state index contributed by atoms with van der Waals surface area (Å²) in [6.07, 6.45) is 5.51. The molecule has 0 bridgehead atoms. The number of likely N-dealkylation sites (N-methyl/N-ethyl adjacent to an activating group) is 1. The van der Waals surface area contributed by atoms with E-state index in [1.807, 2.05) is 29.2 Å². The summed E-state index contributed by atoms with van der Waals surface area (Å²) in [4.78, 5) is 32.4.